The van der Waals surface area contributed by atoms with Crippen LogP contribution in [0.5, 0.6) is 0 Å². The third kappa shape index (κ3) is 6.29. The monoisotopic (exact) mass is 432 g/mol. The smallest absolute Gasteiger partial charge is 0.240 e. The maximum atomic E-state index is 12.4. The molecule has 156 valence electrons. The van der Waals surface area contributed by atoms with Crippen molar-refractivity contribution in [1.82, 2.24) is 14.8 Å². The summed E-state index contributed by atoms with van der Waals surface area (Å²) in [5.74, 6) is 0.151. The van der Waals surface area contributed by atoms with Crippen molar-refractivity contribution in [2.24, 2.45) is 0 Å². The van der Waals surface area contributed by atoms with E-state index >= 15 is 0 Å². The van der Waals surface area contributed by atoms with Crippen LogP contribution in [0.4, 0.5) is 5.13 Å². The van der Waals surface area contributed by atoms with Gasteiger partial charge in [0, 0.05) is 32.6 Å². The number of fused-ring (bicyclic) bond motifs is 1. The highest BCUT2D eigenvalue weighted by Gasteiger charge is 2.22. The molecule has 0 bridgehead atoms. The molecule has 1 N–H and O–H groups in total. The number of aromatic nitrogens is 1. The molecule has 1 saturated heterocycles. The number of carbonyl (C=O) groups excluding carboxylic acids is 2. The number of hydrogen-bond donors (Lipinski definition) is 1. The van der Waals surface area contributed by atoms with Gasteiger partial charge in [0.05, 0.1) is 16.8 Å². The molecule has 0 unspecified atom stereocenters. The fourth-order valence-electron chi connectivity index (χ4n) is 3.47. The number of piperazine rings is 1. The number of hydrogen-bond acceptors (Lipinski definition) is 6. The van der Waals surface area contributed by atoms with Crippen LogP contribution < -0.4 is 5.32 Å². The van der Waals surface area contributed by atoms with Gasteiger partial charge in [-0.3, -0.25) is 14.5 Å². The molecule has 0 aliphatic carbocycles. The minimum Gasteiger partial charge on any atom is -0.340 e. The molecule has 0 spiro atoms. The Bertz CT molecular complexity index is 888. The van der Waals surface area contributed by atoms with E-state index in [1.165, 1.54) is 11.3 Å². The first-order chi connectivity index (χ1) is 13.9. The zero-order valence-electron chi connectivity index (χ0n) is 17.1. The van der Waals surface area contributed by atoms with Crippen LogP contribution in [-0.2, 0) is 9.59 Å². The van der Waals surface area contributed by atoms with Crippen molar-refractivity contribution < 1.29 is 9.59 Å². The molecule has 2 heterocycles. The van der Waals surface area contributed by atoms with Gasteiger partial charge in [-0.1, -0.05) is 35.7 Å². The molecular formula is C21H28N4O2S2. The quantitative estimate of drug-likeness (QED) is 0.510. The van der Waals surface area contributed by atoms with Crippen molar-refractivity contribution in [3.8, 4) is 0 Å². The molecule has 6 nitrogen and oxygen atoms in total. The van der Waals surface area contributed by atoms with Crippen molar-refractivity contribution in [2.45, 2.75) is 39.5 Å². The molecule has 2 aromatic rings. The topological polar surface area (TPSA) is 65.5 Å². The number of carbonyl (C=O) groups is 2. The fourth-order valence-corrected chi connectivity index (χ4v) is 4.57. The van der Waals surface area contributed by atoms with Gasteiger partial charge in [-0.15, -0.1) is 0 Å². The summed E-state index contributed by atoms with van der Waals surface area (Å²) >= 11 is 6.57. The first-order valence-electron chi connectivity index (χ1n) is 10.1. The Morgan fingerprint density at radius 3 is 2.59 bits per heavy atom. The summed E-state index contributed by atoms with van der Waals surface area (Å²) in [4.78, 5) is 34.3. The Kier molecular flexibility index (Phi) is 7.69. The Labute approximate surface area is 181 Å². The van der Waals surface area contributed by atoms with Crippen LogP contribution in [0.25, 0.3) is 10.2 Å². The summed E-state index contributed by atoms with van der Waals surface area (Å²) in [6.45, 7) is 7.09. The highest BCUT2D eigenvalue weighted by molar-refractivity contribution is 7.80. The Morgan fingerprint density at radius 2 is 1.90 bits per heavy atom. The van der Waals surface area contributed by atoms with E-state index in [0.717, 1.165) is 53.0 Å². The van der Waals surface area contributed by atoms with Gasteiger partial charge in [0.1, 0.15) is 0 Å². The van der Waals surface area contributed by atoms with Crippen molar-refractivity contribution in [3.05, 3.63) is 23.8 Å². The van der Waals surface area contributed by atoms with E-state index in [2.05, 4.69) is 15.2 Å². The summed E-state index contributed by atoms with van der Waals surface area (Å²) in [5.41, 5.74) is 2.05. The van der Waals surface area contributed by atoms with E-state index in [9.17, 15) is 9.59 Å². The molecule has 29 heavy (non-hydrogen) atoms. The number of benzene rings is 1. The summed E-state index contributed by atoms with van der Waals surface area (Å²) < 4.78 is 1.08. The lowest BCUT2D eigenvalue weighted by molar-refractivity contribution is -0.133. The summed E-state index contributed by atoms with van der Waals surface area (Å²) in [6, 6.07) is 6.04. The van der Waals surface area contributed by atoms with Crippen LogP contribution in [0.2, 0.25) is 0 Å². The van der Waals surface area contributed by atoms with Gasteiger partial charge in [0.25, 0.3) is 0 Å². The van der Waals surface area contributed by atoms with Gasteiger partial charge in [-0.25, -0.2) is 4.98 Å². The number of nitrogens with zero attached hydrogens (tertiary/aromatic N) is 3. The second kappa shape index (κ2) is 10.2. The third-order valence-electron chi connectivity index (χ3n) is 5.13. The molecule has 0 saturated carbocycles. The Morgan fingerprint density at radius 1 is 1.17 bits per heavy atom. The lowest BCUT2D eigenvalue weighted by Gasteiger charge is -2.34. The fraction of sp³-hybridized carbons (Fsp3) is 0.524. The van der Waals surface area contributed by atoms with Crippen molar-refractivity contribution >= 4 is 55.6 Å². The van der Waals surface area contributed by atoms with E-state index in [4.69, 9.17) is 12.2 Å². The number of amides is 2. The van der Waals surface area contributed by atoms with Gasteiger partial charge in [-0.2, -0.15) is 0 Å². The number of aryl methyl sites for hydroxylation is 1. The Hall–Kier alpha value is -1.90. The second-order valence-corrected chi connectivity index (χ2v) is 9.28. The number of para-hydroxylation sites is 1. The SMILES string of the molecule is CC(=S)CCCCC(=O)N1CCN(CC(=O)Nc2nc3c(C)cccc3s2)CC1. The van der Waals surface area contributed by atoms with Gasteiger partial charge in [0.15, 0.2) is 5.13 Å². The first kappa shape index (κ1) is 21.8. The minimum absolute atomic E-state index is 0.0583. The molecular weight excluding hydrogens is 404 g/mol. The number of nitrogens with one attached hydrogen (secondary N) is 1. The number of thiazole rings is 1. The molecule has 1 aromatic heterocycles. The van der Waals surface area contributed by atoms with Crippen LogP contribution in [0.1, 0.15) is 38.2 Å². The molecule has 1 aliphatic heterocycles. The normalized spacial score (nSPS) is 14.9. The van der Waals surface area contributed by atoms with E-state index in [1.807, 2.05) is 36.9 Å². The maximum absolute atomic E-state index is 12.4. The molecule has 0 radical (unpaired) electrons. The van der Waals surface area contributed by atoms with E-state index in [1.54, 1.807) is 0 Å². The summed E-state index contributed by atoms with van der Waals surface area (Å²) in [6.07, 6.45) is 3.36. The second-order valence-electron chi connectivity index (χ2n) is 7.55. The maximum Gasteiger partial charge on any atom is 0.240 e. The number of anilines is 1. The van der Waals surface area contributed by atoms with Gasteiger partial charge < -0.3 is 10.2 Å². The largest absolute Gasteiger partial charge is 0.340 e. The lowest BCUT2D eigenvalue weighted by Crippen LogP contribution is -2.50. The van der Waals surface area contributed by atoms with Crippen LogP contribution >= 0.6 is 23.6 Å². The molecule has 2 amide bonds. The van der Waals surface area contributed by atoms with Crippen molar-refractivity contribution in [2.75, 3.05) is 38.0 Å². The van der Waals surface area contributed by atoms with Gasteiger partial charge in [0.2, 0.25) is 11.8 Å². The van der Waals surface area contributed by atoms with Crippen molar-refractivity contribution in [3.63, 3.8) is 0 Å². The molecule has 8 heteroatoms. The average Bonchev–Trinajstić information content (AvgIpc) is 3.09. The number of unbranched alkanes of at least 4 members (excludes halogenated alkanes) is 1. The zero-order chi connectivity index (χ0) is 20.8. The third-order valence-corrected chi connectivity index (χ3v) is 6.27. The minimum atomic E-state index is -0.0583. The highest BCUT2D eigenvalue weighted by atomic mass is 32.1. The van der Waals surface area contributed by atoms with E-state index < -0.39 is 0 Å². The first-order valence-corrected chi connectivity index (χ1v) is 11.3. The molecule has 3 rings (SSSR count). The number of rotatable bonds is 8. The molecule has 0 atom stereocenters. The lowest BCUT2D eigenvalue weighted by atomic mass is 10.1. The number of thiocarbonyl (C=S) groups is 1. The predicted octanol–water partition coefficient (Wildman–Crippen LogP) is 3.64. The Balaban J connectivity index is 1.40. The molecule has 1 aromatic carbocycles. The summed E-state index contributed by atoms with van der Waals surface area (Å²) in [5, 5.41) is 3.56. The van der Waals surface area contributed by atoms with Gasteiger partial charge >= 0.3 is 0 Å². The van der Waals surface area contributed by atoms with Crippen LogP contribution in [0.15, 0.2) is 18.2 Å². The van der Waals surface area contributed by atoms with Gasteiger partial charge in [-0.05, 0) is 49.6 Å². The summed E-state index contributed by atoms with van der Waals surface area (Å²) in [7, 11) is 0. The average molecular weight is 433 g/mol. The highest BCUT2D eigenvalue weighted by Crippen LogP contribution is 2.27. The predicted molar refractivity (Wildman–Crippen MR) is 123 cm³/mol. The van der Waals surface area contributed by atoms with Crippen LogP contribution in [0.3, 0.4) is 0 Å². The van der Waals surface area contributed by atoms with Crippen molar-refractivity contribution in [1.29, 1.82) is 0 Å². The van der Waals surface area contributed by atoms with Crippen LogP contribution in [0, 0.1) is 6.92 Å². The van der Waals surface area contributed by atoms with E-state index in [0.29, 0.717) is 31.2 Å². The molecule has 1 aliphatic rings. The van der Waals surface area contributed by atoms with Crippen LogP contribution in [-0.4, -0.2) is 64.2 Å². The zero-order valence-corrected chi connectivity index (χ0v) is 18.7. The standard InChI is InChI=1S/C21H28N4O2S2/c1-15-6-5-8-17-20(15)23-21(29-17)22-18(26)14-24-10-12-25(13-11-24)19(27)9-4-3-7-16(2)28/h5-6,8H,3-4,7,9-14H2,1-2H3,(H,22,23,26). The molecule has 1 fully saturated rings. The van der Waals surface area contributed by atoms with E-state index in [-0.39, 0.29) is 11.8 Å².